The third-order valence-electron chi connectivity index (χ3n) is 3.92. The van der Waals surface area contributed by atoms with Crippen molar-refractivity contribution in [2.45, 2.75) is 56.5 Å². The smallest absolute Gasteiger partial charge is 0.242 e. The van der Waals surface area contributed by atoms with Crippen LogP contribution in [-0.2, 0) is 4.79 Å². The molecule has 1 saturated heterocycles. The number of nitrogens with two attached hydrogens (primary N) is 2. The van der Waals surface area contributed by atoms with E-state index in [4.69, 9.17) is 11.5 Å². The van der Waals surface area contributed by atoms with Gasteiger partial charge in [-0.25, -0.2) is 0 Å². The largest absolute Gasteiger partial charge is 0.340 e. The average Bonchev–Trinajstić information content (AvgIpc) is 2.29. The molecule has 1 saturated carbocycles. The summed E-state index contributed by atoms with van der Waals surface area (Å²) in [6.07, 6.45) is 7.12. The molecule has 92 valence electrons. The molecule has 1 amide bonds. The second kappa shape index (κ2) is 4.72. The molecule has 1 aliphatic heterocycles. The van der Waals surface area contributed by atoms with Crippen LogP contribution in [-0.4, -0.2) is 35.5 Å². The zero-order chi connectivity index (χ0) is 11.6. The highest BCUT2D eigenvalue weighted by Crippen LogP contribution is 2.28. The minimum absolute atomic E-state index is 0.141. The van der Waals surface area contributed by atoms with Gasteiger partial charge in [0.1, 0.15) is 0 Å². The van der Waals surface area contributed by atoms with Gasteiger partial charge < -0.3 is 16.4 Å². The Morgan fingerprint density at radius 3 is 2.50 bits per heavy atom. The van der Waals surface area contributed by atoms with Crippen molar-refractivity contribution >= 4 is 5.91 Å². The lowest BCUT2D eigenvalue weighted by atomic mass is 9.81. The zero-order valence-electron chi connectivity index (χ0n) is 9.95. The molecule has 0 aromatic carbocycles. The highest BCUT2D eigenvalue weighted by molar-refractivity contribution is 5.86. The van der Waals surface area contributed by atoms with Crippen molar-refractivity contribution < 1.29 is 4.79 Å². The molecule has 0 radical (unpaired) electrons. The molecular formula is C12H23N3O. The van der Waals surface area contributed by atoms with E-state index in [1.54, 1.807) is 0 Å². The summed E-state index contributed by atoms with van der Waals surface area (Å²) < 4.78 is 0. The highest BCUT2D eigenvalue weighted by Gasteiger charge is 2.39. The normalized spacial score (nSPS) is 30.1. The summed E-state index contributed by atoms with van der Waals surface area (Å²) in [6, 6.07) is 0.143. The predicted molar refractivity (Wildman–Crippen MR) is 63.8 cm³/mol. The van der Waals surface area contributed by atoms with Gasteiger partial charge in [0.2, 0.25) is 5.91 Å². The van der Waals surface area contributed by atoms with E-state index in [0.29, 0.717) is 6.54 Å². The van der Waals surface area contributed by atoms with Crippen LogP contribution in [0.5, 0.6) is 0 Å². The summed E-state index contributed by atoms with van der Waals surface area (Å²) in [5.41, 5.74) is 11.6. The van der Waals surface area contributed by atoms with Crippen LogP contribution < -0.4 is 11.5 Å². The van der Waals surface area contributed by atoms with Gasteiger partial charge in [0, 0.05) is 19.1 Å². The van der Waals surface area contributed by atoms with Gasteiger partial charge in [0.05, 0.1) is 5.54 Å². The number of carbonyl (C=O) groups excluding carboxylic acids is 1. The van der Waals surface area contributed by atoms with Gasteiger partial charge in [-0.15, -0.1) is 0 Å². The molecule has 0 bridgehead atoms. The molecule has 16 heavy (non-hydrogen) atoms. The lowest BCUT2D eigenvalue weighted by Crippen LogP contribution is -2.59. The van der Waals surface area contributed by atoms with E-state index in [1.807, 2.05) is 4.90 Å². The fourth-order valence-electron chi connectivity index (χ4n) is 2.91. The monoisotopic (exact) mass is 225 g/mol. The Morgan fingerprint density at radius 2 is 1.88 bits per heavy atom. The third-order valence-corrected chi connectivity index (χ3v) is 3.92. The second-order valence-corrected chi connectivity index (χ2v) is 5.37. The Balaban J connectivity index is 1.99. The molecule has 2 rings (SSSR count). The molecule has 2 aliphatic rings. The van der Waals surface area contributed by atoms with Crippen molar-refractivity contribution in [2.24, 2.45) is 11.5 Å². The molecule has 4 N–H and O–H groups in total. The summed E-state index contributed by atoms with van der Waals surface area (Å²) in [7, 11) is 0. The molecule has 4 nitrogen and oxygen atoms in total. The van der Waals surface area contributed by atoms with Crippen LogP contribution >= 0.6 is 0 Å². The SMILES string of the molecule is NC1CCCN(C(=O)C2(N)CCCCC2)C1. The van der Waals surface area contributed by atoms with Crippen LogP contribution in [0.25, 0.3) is 0 Å². The Morgan fingerprint density at radius 1 is 1.19 bits per heavy atom. The summed E-state index contributed by atoms with van der Waals surface area (Å²) >= 11 is 0. The van der Waals surface area contributed by atoms with E-state index in [0.717, 1.165) is 45.1 Å². The zero-order valence-corrected chi connectivity index (χ0v) is 9.95. The minimum Gasteiger partial charge on any atom is -0.340 e. The highest BCUT2D eigenvalue weighted by atomic mass is 16.2. The summed E-state index contributed by atoms with van der Waals surface area (Å²) in [4.78, 5) is 14.3. The Bertz CT molecular complexity index is 261. The molecule has 2 fully saturated rings. The lowest BCUT2D eigenvalue weighted by Gasteiger charge is -2.39. The topological polar surface area (TPSA) is 72.3 Å². The number of piperidine rings is 1. The van der Waals surface area contributed by atoms with Crippen LogP contribution in [0.2, 0.25) is 0 Å². The van der Waals surface area contributed by atoms with Crippen molar-refractivity contribution in [1.82, 2.24) is 4.90 Å². The van der Waals surface area contributed by atoms with Crippen molar-refractivity contribution in [3.63, 3.8) is 0 Å². The first-order valence-corrected chi connectivity index (χ1v) is 6.46. The number of rotatable bonds is 1. The molecule has 4 heteroatoms. The number of nitrogens with zero attached hydrogens (tertiary/aromatic N) is 1. The maximum absolute atomic E-state index is 12.4. The van der Waals surface area contributed by atoms with Crippen LogP contribution in [0.4, 0.5) is 0 Å². The van der Waals surface area contributed by atoms with Crippen molar-refractivity contribution in [2.75, 3.05) is 13.1 Å². The first-order valence-electron chi connectivity index (χ1n) is 6.46. The molecule has 0 aromatic rings. The quantitative estimate of drug-likeness (QED) is 0.686. The molecule has 1 atom stereocenters. The summed E-state index contributed by atoms with van der Waals surface area (Å²) in [5, 5.41) is 0. The van der Waals surface area contributed by atoms with Crippen LogP contribution in [0.1, 0.15) is 44.9 Å². The van der Waals surface area contributed by atoms with E-state index >= 15 is 0 Å². The van der Waals surface area contributed by atoms with E-state index in [2.05, 4.69) is 0 Å². The molecule has 0 spiro atoms. The van der Waals surface area contributed by atoms with Gasteiger partial charge >= 0.3 is 0 Å². The predicted octanol–water partition coefficient (Wildman–Crippen LogP) is 0.598. The van der Waals surface area contributed by atoms with Gasteiger partial charge in [-0.2, -0.15) is 0 Å². The fraction of sp³-hybridized carbons (Fsp3) is 0.917. The first-order chi connectivity index (χ1) is 7.62. The molecule has 1 unspecified atom stereocenters. The number of hydrogen-bond donors (Lipinski definition) is 2. The van der Waals surface area contributed by atoms with Crippen LogP contribution in [0.3, 0.4) is 0 Å². The Kier molecular flexibility index (Phi) is 3.50. The van der Waals surface area contributed by atoms with E-state index < -0.39 is 5.54 Å². The number of carbonyl (C=O) groups is 1. The molecule has 1 heterocycles. The average molecular weight is 225 g/mol. The number of hydrogen-bond acceptors (Lipinski definition) is 3. The van der Waals surface area contributed by atoms with Crippen LogP contribution in [0.15, 0.2) is 0 Å². The van der Waals surface area contributed by atoms with Gasteiger partial charge in [-0.3, -0.25) is 4.79 Å². The fourth-order valence-corrected chi connectivity index (χ4v) is 2.91. The van der Waals surface area contributed by atoms with Gasteiger partial charge in [-0.05, 0) is 25.7 Å². The third kappa shape index (κ3) is 2.38. The van der Waals surface area contributed by atoms with Crippen LogP contribution in [0, 0.1) is 0 Å². The number of likely N-dealkylation sites (tertiary alicyclic amines) is 1. The lowest BCUT2D eigenvalue weighted by molar-refractivity contribution is -0.139. The van der Waals surface area contributed by atoms with Gasteiger partial charge in [-0.1, -0.05) is 19.3 Å². The minimum atomic E-state index is -0.588. The maximum atomic E-state index is 12.4. The van der Waals surface area contributed by atoms with Crippen molar-refractivity contribution in [1.29, 1.82) is 0 Å². The second-order valence-electron chi connectivity index (χ2n) is 5.37. The van der Waals surface area contributed by atoms with Gasteiger partial charge in [0.25, 0.3) is 0 Å². The number of amides is 1. The Hall–Kier alpha value is -0.610. The van der Waals surface area contributed by atoms with E-state index in [1.165, 1.54) is 6.42 Å². The maximum Gasteiger partial charge on any atom is 0.242 e. The van der Waals surface area contributed by atoms with Gasteiger partial charge in [0.15, 0.2) is 0 Å². The summed E-state index contributed by atoms with van der Waals surface area (Å²) in [6.45, 7) is 1.53. The molecule has 0 aromatic heterocycles. The van der Waals surface area contributed by atoms with E-state index in [9.17, 15) is 4.79 Å². The summed E-state index contributed by atoms with van der Waals surface area (Å²) in [5.74, 6) is 0.141. The molecule has 1 aliphatic carbocycles. The molecular weight excluding hydrogens is 202 g/mol. The van der Waals surface area contributed by atoms with E-state index in [-0.39, 0.29) is 11.9 Å². The standard InChI is InChI=1S/C12H23N3O/c13-10-5-4-8-15(9-10)11(16)12(14)6-2-1-3-7-12/h10H,1-9,13-14H2. The first kappa shape index (κ1) is 11.9. The van der Waals surface area contributed by atoms with Crippen molar-refractivity contribution in [3.8, 4) is 0 Å². The van der Waals surface area contributed by atoms with Crippen molar-refractivity contribution in [3.05, 3.63) is 0 Å². The Labute approximate surface area is 97.3 Å².